The summed E-state index contributed by atoms with van der Waals surface area (Å²) in [7, 11) is 9.75. The summed E-state index contributed by atoms with van der Waals surface area (Å²) < 4.78 is 0. The first-order chi connectivity index (χ1) is 9.62. The van der Waals surface area contributed by atoms with E-state index >= 15 is 0 Å². The van der Waals surface area contributed by atoms with Crippen molar-refractivity contribution in [1.29, 1.82) is 0 Å². The zero-order valence-electron chi connectivity index (χ0n) is 13.2. The zero-order chi connectivity index (χ0) is 15.6. The van der Waals surface area contributed by atoms with Crippen LogP contribution >= 0.6 is 18.8 Å². The second-order valence-electron chi connectivity index (χ2n) is 5.25. The summed E-state index contributed by atoms with van der Waals surface area (Å²) >= 11 is -0.472. The average molecular weight is 505 g/mol. The van der Waals surface area contributed by atoms with Crippen molar-refractivity contribution >= 4 is 18.8 Å². The molecule has 2 aliphatic heterocycles. The van der Waals surface area contributed by atoms with Crippen LogP contribution in [0.25, 0.3) is 10.6 Å². The van der Waals surface area contributed by atoms with Crippen LogP contribution in [0.3, 0.4) is 0 Å². The molecule has 0 spiro atoms. The van der Waals surface area contributed by atoms with E-state index in [4.69, 9.17) is 18.8 Å². The Morgan fingerprint density at radius 2 is 1.10 bits per heavy atom. The van der Waals surface area contributed by atoms with E-state index in [1.807, 2.05) is 6.92 Å². The first-order valence-electron chi connectivity index (χ1n) is 7.50. The van der Waals surface area contributed by atoms with Gasteiger partial charge in [0.2, 0.25) is 0 Å². The predicted molar refractivity (Wildman–Crippen MR) is 90.3 cm³/mol. The van der Waals surface area contributed by atoms with Crippen LogP contribution < -0.4 is 0 Å². The van der Waals surface area contributed by atoms with Gasteiger partial charge in [-0.1, -0.05) is 46.5 Å². The molecular formula is C15H31Cl2N2Pt-3. The van der Waals surface area contributed by atoms with Crippen LogP contribution in [0.15, 0.2) is 0 Å². The molecule has 2 nitrogen and oxygen atoms in total. The second kappa shape index (κ2) is 20.2. The van der Waals surface area contributed by atoms with Gasteiger partial charge in [-0.05, 0) is 11.8 Å². The van der Waals surface area contributed by atoms with Gasteiger partial charge in [0, 0.05) is 0 Å². The van der Waals surface area contributed by atoms with Crippen molar-refractivity contribution in [2.75, 3.05) is 26.2 Å². The number of rotatable bonds is 0. The Kier molecular flexibility index (Phi) is 23.7. The molecule has 0 unspecified atom stereocenters. The van der Waals surface area contributed by atoms with Gasteiger partial charge >= 0.3 is 35.3 Å². The average Bonchev–Trinajstić information content (AvgIpc) is 2.43. The molecule has 20 heavy (non-hydrogen) atoms. The van der Waals surface area contributed by atoms with Crippen LogP contribution in [0.5, 0.6) is 0 Å². The fourth-order valence-electron chi connectivity index (χ4n) is 1.76. The summed E-state index contributed by atoms with van der Waals surface area (Å²) in [6.07, 6.45) is 6.28. The van der Waals surface area contributed by atoms with Crippen LogP contribution in [0.1, 0.15) is 52.9 Å². The summed E-state index contributed by atoms with van der Waals surface area (Å²) in [5.41, 5.74) is 0. The van der Waals surface area contributed by atoms with Crippen LogP contribution in [0.4, 0.5) is 0 Å². The third-order valence-electron chi connectivity index (χ3n) is 3.12. The molecule has 128 valence electrons. The molecule has 0 atom stereocenters. The molecule has 0 aliphatic carbocycles. The molecule has 0 saturated carbocycles. The minimum atomic E-state index is -0.472. The Balaban J connectivity index is 0. The van der Waals surface area contributed by atoms with Gasteiger partial charge in [-0.3, -0.25) is 0 Å². The van der Waals surface area contributed by atoms with Crippen molar-refractivity contribution in [3.05, 3.63) is 17.6 Å². The molecule has 0 radical (unpaired) electrons. The molecule has 2 rings (SSSR count). The van der Waals surface area contributed by atoms with Crippen molar-refractivity contribution in [2.24, 2.45) is 11.8 Å². The molecule has 2 aliphatic rings. The molecule has 0 aromatic heterocycles. The monoisotopic (exact) mass is 504 g/mol. The van der Waals surface area contributed by atoms with Crippen LogP contribution in [0.2, 0.25) is 0 Å². The van der Waals surface area contributed by atoms with E-state index in [-0.39, 0.29) is 0 Å². The molecule has 0 aromatic rings. The second-order valence-corrected chi connectivity index (χ2v) is 8.53. The maximum absolute atomic E-state index is 4.88. The maximum atomic E-state index is 4.88. The molecule has 0 N–H and O–H groups in total. The quantitative estimate of drug-likeness (QED) is 0.352. The van der Waals surface area contributed by atoms with Crippen LogP contribution in [-0.4, -0.2) is 26.2 Å². The Morgan fingerprint density at radius 1 is 0.900 bits per heavy atom. The summed E-state index contributed by atoms with van der Waals surface area (Å²) in [5, 5.41) is 8.46. The van der Waals surface area contributed by atoms with E-state index < -0.39 is 16.5 Å². The number of nitrogens with zero attached hydrogens (tertiary/aromatic N) is 2. The van der Waals surface area contributed by atoms with Gasteiger partial charge in [-0.2, -0.15) is 6.42 Å². The van der Waals surface area contributed by atoms with Crippen molar-refractivity contribution in [3.63, 3.8) is 0 Å². The first-order valence-corrected chi connectivity index (χ1v) is 13.1. The number of hydrogen-bond acceptors (Lipinski definition) is 0. The number of piperidine rings is 2. The third kappa shape index (κ3) is 21.5. The van der Waals surface area contributed by atoms with Gasteiger partial charge in [-0.25, -0.2) is 0 Å². The SMILES string of the molecule is CC1CC[N-]CC1.CC1CC[N-]CC1.[CH2-]CC.[Cl][Pt][Cl]. The third-order valence-corrected chi connectivity index (χ3v) is 3.12. The first kappa shape index (κ1) is 23.5. The van der Waals surface area contributed by atoms with E-state index in [1.54, 1.807) is 0 Å². The number of hydrogen-bond donors (Lipinski definition) is 0. The Morgan fingerprint density at radius 3 is 1.20 bits per heavy atom. The standard InChI is InChI=1S/2C6H12N.C3H7.2ClH.Pt/c2*1-6-2-4-7-5-3-6;1-3-2;;;/h2*6H,2-5H2,1H3;1,3H2,2H3;2*1H;/q3*-1;;;+2/p-2. The minimum absolute atomic E-state index is 0.472. The van der Waals surface area contributed by atoms with E-state index in [0.717, 1.165) is 44.4 Å². The zero-order valence-corrected chi connectivity index (χ0v) is 17.0. The summed E-state index contributed by atoms with van der Waals surface area (Å²) in [6, 6.07) is 0. The molecule has 5 heteroatoms. The molecule has 2 saturated heterocycles. The van der Waals surface area contributed by atoms with Crippen molar-refractivity contribution in [1.82, 2.24) is 0 Å². The molecule has 0 amide bonds. The molecule has 0 aromatic carbocycles. The van der Waals surface area contributed by atoms with E-state index in [2.05, 4.69) is 31.4 Å². The van der Waals surface area contributed by atoms with Crippen molar-refractivity contribution in [3.8, 4) is 0 Å². The van der Waals surface area contributed by atoms with Gasteiger partial charge in [0.25, 0.3) is 0 Å². The van der Waals surface area contributed by atoms with Crippen molar-refractivity contribution in [2.45, 2.75) is 52.9 Å². The number of halogens is 2. The summed E-state index contributed by atoms with van der Waals surface area (Å²) in [6.45, 7) is 14.5. The van der Waals surface area contributed by atoms with Crippen LogP contribution in [-0.2, 0) is 16.5 Å². The molecular weight excluding hydrogens is 474 g/mol. The Labute approximate surface area is 143 Å². The van der Waals surface area contributed by atoms with E-state index in [0.29, 0.717) is 0 Å². The Hall–Kier alpha value is 1.19. The summed E-state index contributed by atoms with van der Waals surface area (Å²) in [4.78, 5) is 0. The molecule has 0 bridgehead atoms. The van der Waals surface area contributed by atoms with Gasteiger partial charge in [0.1, 0.15) is 0 Å². The molecule has 2 heterocycles. The Bertz CT molecular complexity index is 144. The van der Waals surface area contributed by atoms with E-state index in [9.17, 15) is 0 Å². The van der Waals surface area contributed by atoms with E-state index in [1.165, 1.54) is 25.7 Å². The predicted octanol–water partition coefficient (Wildman–Crippen LogP) is 6.19. The summed E-state index contributed by atoms with van der Waals surface area (Å²) in [5.74, 6) is 1.88. The van der Waals surface area contributed by atoms with Gasteiger partial charge in [0.15, 0.2) is 0 Å². The van der Waals surface area contributed by atoms with Crippen LogP contribution in [0, 0.1) is 18.8 Å². The van der Waals surface area contributed by atoms with Crippen molar-refractivity contribution < 1.29 is 16.5 Å². The van der Waals surface area contributed by atoms with Gasteiger partial charge in [0.05, 0.1) is 0 Å². The fourth-order valence-corrected chi connectivity index (χ4v) is 1.76. The topological polar surface area (TPSA) is 28.2 Å². The van der Waals surface area contributed by atoms with Gasteiger partial charge in [-0.15, -0.1) is 26.2 Å². The molecule has 2 fully saturated rings. The van der Waals surface area contributed by atoms with Gasteiger partial charge < -0.3 is 17.6 Å². The fraction of sp³-hybridized carbons (Fsp3) is 0.933. The normalized spacial score (nSPS) is 19.7.